The first-order valence-corrected chi connectivity index (χ1v) is 8.50. The van der Waals surface area contributed by atoms with Gasteiger partial charge in [0.1, 0.15) is 18.1 Å². The predicted molar refractivity (Wildman–Crippen MR) is 94.9 cm³/mol. The van der Waals surface area contributed by atoms with Crippen molar-refractivity contribution < 1.29 is 39.3 Å². The van der Waals surface area contributed by atoms with Crippen molar-refractivity contribution in [3.05, 3.63) is 0 Å². The fraction of sp³-hybridized carbons (Fsp3) is 0.643. The Morgan fingerprint density at radius 3 is 1.96 bits per heavy atom. The molecule has 0 heterocycles. The fourth-order valence-corrected chi connectivity index (χ4v) is 2.14. The molecule has 0 fully saturated rings. The number of carboxylic acids is 2. The maximum absolute atomic E-state index is 12.3. The number of aliphatic carboxylic acids is 2. The van der Waals surface area contributed by atoms with E-state index in [1.165, 1.54) is 6.92 Å². The molecule has 0 aromatic carbocycles. The van der Waals surface area contributed by atoms with Crippen molar-refractivity contribution >= 4 is 42.3 Å². The van der Waals surface area contributed by atoms with E-state index in [0.717, 1.165) is 0 Å². The van der Waals surface area contributed by atoms with E-state index >= 15 is 0 Å². The van der Waals surface area contributed by atoms with Gasteiger partial charge in [0.25, 0.3) is 0 Å². The van der Waals surface area contributed by atoms with E-state index in [1.807, 2.05) is 0 Å². The lowest BCUT2D eigenvalue weighted by Crippen LogP contribution is -2.59. The quantitative estimate of drug-likeness (QED) is 0.152. The molecule has 0 aliphatic heterocycles. The van der Waals surface area contributed by atoms with Crippen LogP contribution >= 0.6 is 12.6 Å². The molecule has 154 valence electrons. The molecule has 8 N–H and O–H groups in total. The molecular weight excluding hydrogens is 384 g/mol. The van der Waals surface area contributed by atoms with E-state index in [2.05, 4.69) is 28.6 Å². The molecule has 12 nitrogen and oxygen atoms in total. The van der Waals surface area contributed by atoms with Crippen LogP contribution in [0.25, 0.3) is 0 Å². The molecular formula is C14H24N4O8S. The minimum absolute atomic E-state index is 0.233. The first-order valence-electron chi connectivity index (χ1n) is 7.87. The summed E-state index contributed by atoms with van der Waals surface area (Å²) >= 11 is 3.79. The van der Waals surface area contributed by atoms with E-state index < -0.39 is 66.9 Å². The van der Waals surface area contributed by atoms with Crippen molar-refractivity contribution in [3.8, 4) is 0 Å². The SMILES string of the molecule is CC(O)C(NC(=O)CN)C(=O)NC(CCC(=O)O)C(=O)NC(CS)C(=O)O. The number of hydrogen-bond acceptors (Lipinski definition) is 8. The lowest BCUT2D eigenvalue weighted by Gasteiger charge is -2.25. The Morgan fingerprint density at radius 1 is 1.00 bits per heavy atom. The molecule has 0 spiro atoms. The number of carboxylic acid groups (broad SMARTS) is 2. The number of thiol groups is 1. The van der Waals surface area contributed by atoms with Crippen molar-refractivity contribution in [2.24, 2.45) is 5.73 Å². The van der Waals surface area contributed by atoms with E-state index in [0.29, 0.717) is 0 Å². The van der Waals surface area contributed by atoms with Crippen LogP contribution in [0.3, 0.4) is 0 Å². The molecule has 0 rings (SSSR count). The summed E-state index contributed by atoms with van der Waals surface area (Å²) in [5.41, 5.74) is 5.13. The molecule has 4 atom stereocenters. The Balaban J connectivity index is 5.28. The summed E-state index contributed by atoms with van der Waals surface area (Å²) in [5, 5.41) is 33.9. The fourth-order valence-electron chi connectivity index (χ4n) is 1.89. The van der Waals surface area contributed by atoms with E-state index in [9.17, 15) is 29.1 Å². The first kappa shape index (κ1) is 24.6. The maximum atomic E-state index is 12.3. The summed E-state index contributed by atoms with van der Waals surface area (Å²) in [7, 11) is 0. The Hall–Kier alpha value is -2.38. The van der Waals surface area contributed by atoms with Crippen molar-refractivity contribution in [3.63, 3.8) is 0 Å². The monoisotopic (exact) mass is 408 g/mol. The largest absolute Gasteiger partial charge is 0.481 e. The molecule has 0 aromatic rings. The number of carbonyl (C=O) groups is 5. The van der Waals surface area contributed by atoms with Gasteiger partial charge in [0.2, 0.25) is 17.7 Å². The predicted octanol–water partition coefficient (Wildman–Crippen LogP) is -3.34. The van der Waals surface area contributed by atoms with Crippen LogP contribution < -0.4 is 21.7 Å². The zero-order chi connectivity index (χ0) is 21.1. The van der Waals surface area contributed by atoms with Gasteiger partial charge in [-0.15, -0.1) is 0 Å². The second kappa shape index (κ2) is 12.1. The maximum Gasteiger partial charge on any atom is 0.327 e. The summed E-state index contributed by atoms with van der Waals surface area (Å²) in [5.74, 6) is -5.48. The van der Waals surface area contributed by atoms with Crippen molar-refractivity contribution in [2.75, 3.05) is 12.3 Å². The highest BCUT2D eigenvalue weighted by atomic mass is 32.1. The van der Waals surface area contributed by atoms with Crippen LogP contribution in [0, 0.1) is 0 Å². The van der Waals surface area contributed by atoms with Gasteiger partial charge in [-0.3, -0.25) is 19.2 Å². The lowest BCUT2D eigenvalue weighted by molar-refractivity contribution is -0.142. The minimum Gasteiger partial charge on any atom is -0.481 e. The molecule has 0 radical (unpaired) electrons. The number of carbonyl (C=O) groups excluding carboxylic acids is 3. The summed E-state index contributed by atoms with van der Waals surface area (Å²) in [6.45, 7) is 0.774. The van der Waals surface area contributed by atoms with Gasteiger partial charge < -0.3 is 37.0 Å². The van der Waals surface area contributed by atoms with E-state index in [-0.39, 0.29) is 12.2 Å². The number of rotatable bonds is 12. The zero-order valence-corrected chi connectivity index (χ0v) is 15.4. The first-order chi connectivity index (χ1) is 12.5. The number of aliphatic hydroxyl groups excluding tert-OH is 1. The van der Waals surface area contributed by atoms with E-state index in [1.54, 1.807) is 0 Å². The zero-order valence-electron chi connectivity index (χ0n) is 14.5. The number of aliphatic hydroxyl groups is 1. The molecule has 0 bridgehead atoms. The third-order valence-corrected chi connectivity index (χ3v) is 3.71. The summed E-state index contributed by atoms with van der Waals surface area (Å²) in [4.78, 5) is 57.7. The highest BCUT2D eigenvalue weighted by molar-refractivity contribution is 7.80. The number of nitrogens with two attached hydrogens (primary N) is 1. The van der Waals surface area contributed by atoms with Gasteiger partial charge in [0.15, 0.2) is 0 Å². The molecule has 3 amide bonds. The molecule has 0 aliphatic carbocycles. The smallest absolute Gasteiger partial charge is 0.327 e. The highest BCUT2D eigenvalue weighted by Gasteiger charge is 2.31. The minimum atomic E-state index is -1.44. The standard InChI is InChI=1S/C14H24N4O8S/c1-6(19)11(18-9(20)4-15)13(24)16-7(2-3-10(21)22)12(23)17-8(5-27)14(25)26/h6-8,11,19,27H,2-5,15H2,1H3,(H,16,24)(H,17,23)(H,18,20)(H,21,22)(H,25,26). The van der Waals surface area contributed by atoms with Crippen LogP contribution in [0.2, 0.25) is 0 Å². The second-order valence-electron chi connectivity index (χ2n) is 5.57. The number of amides is 3. The van der Waals surface area contributed by atoms with Gasteiger partial charge in [0.05, 0.1) is 12.6 Å². The number of nitrogens with one attached hydrogen (secondary N) is 3. The summed E-state index contributed by atoms with van der Waals surface area (Å²) in [6.07, 6.45) is -2.18. The molecule has 13 heteroatoms. The molecule has 0 aromatic heterocycles. The van der Waals surface area contributed by atoms with Gasteiger partial charge >= 0.3 is 11.9 Å². The van der Waals surface area contributed by atoms with Crippen molar-refractivity contribution in [1.29, 1.82) is 0 Å². The molecule has 0 saturated carbocycles. The topological polar surface area (TPSA) is 208 Å². The van der Waals surface area contributed by atoms with Gasteiger partial charge in [0, 0.05) is 12.2 Å². The Morgan fingerprint density at radius 2 is 1.56 bits per heavy atom. The third kappa shape index (κ3) is 9.21. The van der Waals surface area contributed by atoms with Gasteiger partial charge in [-0.1, -0.05) is 0 Å². The lowest BCUT2D eigenvalue weighted by atomic mass is 10.1. The van der Waals surface area contributed by atoms with Gasteiger partial charge in [-0.2, -0.15) is 12.6 Å². The van der Waals surface area contributed by atoms with E-state index in [4.69, 9.17) is 15.9 Å². The molecule has 0 saturated heterocycles. The summed E-state index contributed by atoms with van der Waals surface area (Å²) < 4.78 is 0. The Labute approximate surface area is 160 Å². The Bertz CT molecular complexity index is 571. The average Bonchev–Trinajstić information content (AvgIpc) is 2.59. The second-order valence-corrected chi connectivity index (χ2v) is 5.93. The van der Waals surface area contributed by atoms with Crippen LogP contribution in [0.5, 0.6) is 0 Å². The molecule has 0 aliphatic rings. The normalized spacial score (nSPS) is 15.0. The van der Waals surface area contributed by atoms with Crippen LogP contribution in [0.4, 0.5) is 0 Å². The van der Waals surface area contributed by atoms with Crippen molar-refractivity contribution in [2.45, 2.75) is 44.0 Å². The van der Waals surface area contributed by atoms with Crippen molar-refractivity contribution in [1.82, 2.24) is 16.0 Å². The molecule has 27 heavy (non-hydrogen) atoms. The van der Waals surface area contributed by atoms with Crippen LogP contribution in [0.1, 0.15) is 19.8 Å². The van der Waals surface area contributed by atoms with Gasteiger partial charge in [-0.05, 0) is 13.3 Å². The average molecular weight is 408 g/mol. The Kier molecular flexibility index (Phi) is 11.0. The van der Waals surface area contributed by atoms with Gasteiger partial charge in [-0.25, -0.2) is 4.79 Å². The molecule has 4 unspecified atom stereocenters. The highest BCUT2D eigenvalue weighted by Crippen LogP contribution is 2.03. The number of hydrogen-bond donors (Lipinski definition) is 8. The third-order valence-electron chi connectivity index (χ3n) is 3.34. The summed E-state index contributed by atoms with van der Waals surface area (Å²) in [6, 6.07) is -4.21. The van der Waals surface area contributed by atoms with Crippen LogP contribution in [-0.2, 0) is 24.0 Å². The van der Waals surface area contributed by atoms with Crippen LogP contribution in [0.15, 0.2) is 0 Å². The van der Waals surface area contributed by atoms with Crippen LogP contribution in [-0.4, -0.2) is 81.5 Å².